The lowest BCUT2D eigenvalue weighted by atomic mass is 10.1. The summed E-state index contributed by atoms with van der Waals surface area (Å²) in [6.45, 7) is 1.55. The van der Waals surface area contributed by atoms with Crippen LogP contribution in [0.2, 0.25) is 0 Å². The highest BCUT2D eigenvalue weighted by Crippen LogP contribution is 2.32. The fourth-order valence-corrected chi connectivity index (χ4v) is 2.05. The summed E-state index contributed by atoms with van der Waals surface area (Å²) < 4.78 is 38.8. The first-order valence-corrected chi connectivity index (χ1v) is 6.51. The van der Waals surface area contributed by atoms with Crippen LogP contribution >= 0.6 is 0 Å². The molecule has 0 aliphatic heterocycles. The average molecular weight is 323 g/mol. The Morgan fingerprint density at radius 2 is 1.74 bits per heavy atom. The molecule has 0 aromatic heterocycles. The molecular weight excluding hydrogens is 311 g/mol. The van der Waals surface area contributed by atoms with E-state index in [0.29, 0.717) is 5.56 Å². The molecule has 2 rings (SSSR count). The van der Waals surface area contributed by atoms with Crippen LogP contribution in [0.25, 0.3) is 0 Å². The number of benzene rings is 2. The van der Waals surface area contributed by atoms with Crippen LogP contribution < -0.4 is 5.32 Å². The number of aryl methyl sites for hydroxylation is 1. The molecule has 0 bridgehead atoms. The Labute approximate surface area is 129 Å². The van der Waals surface area contributed by atoms with Gasteiger partial charge >= 0.3 is 12.1 Å². The van der Waals surface area contributed by atoms with Crippen molar-refractivity contribution in [3.05, 3.63) is 64.7 Å². The molecule has 7 heteroatoms. The van der Waals surface area contributed by atoms with Crippen molar-refractivity contribution in [3.8, 4) is 0 Å². The Morgan fingerprint density at radius 1 is 1.09 bits per heavy atom. The van der Waals surface area contributed by atoms with Crippen molar-refractivity contribution < 1.29 is 27.9 Å². The third kappa shape index (κ3) is 3.68. The lowest BCUT2D eigenvalue weighted by Crippen LogP contribution is -2.19. The van der Waals surface area contributed by atoms with Crippen LogP contribution in [0.15, 0.2) is 42.5 Å². The minimum Gasteiger partial charge on any atom is -0.478 e. The number of anilines is 1. The van der Waals surface area contributed by atoms with E-state index < -0.39 is 29.2 Å². The molecule has 0 atom stereocenters. The Hall–Kier alpha value is -2.83. The van der Waals surface area contributed by atoms with E-state index in [9.17, 15) is 22.8 Å². The molecule has 23 heavy (non-hydrogen) atoms. The van der Waals surface area contributed by atoms with Crippen LogP contribution in [0.5, 0.6) is 0 Å². The maximum absolute atomic E-state index is 12.9. The van der Waals surface area contributed by atoms with E-state index in [1.807, 2.05) is 0 Å². The second-order valence-corrected chi connectivity index (χ2v) is 4.83. The van der Waals surface area contributed by atoms with Crippen LogP contribution in [0.4, 0.5) is 18.9 Å². The molecule has 0 spiro atoms. The van der Waals surface area contributed by atoms with Gasteiger partial charge in [0.25, 0.3) is 5.91 Å². The number of nitrogens with one attached hydrogen (secondary N) is 1. The number of amides is 1. The van der Waals surface area contributed by atoms with Gasteiger partial charge in [0.1, 0.15) is 0 Å². The Balaban J connectivity index is 2.32. The predicted octanol–water partition coefficient (Wildman–Crippen LogP) is 3.96. The van der Waals surface area contributed by atoms with Crippen LogP contribution in [0, 0.1) is 6.92 Å². The molecule has 0 aliphatic rings. The molecule has 0 heterocycles. The number of hydrogen-bond donors (Lipinski definition) is 2. The fraction of sp³-hybridized carbons (Fsp3) is 0.125. The van der Waals surface area contributed by atoms with E-state index in [4.69, 9.17) is 5.11 Å². The summed E-state index contributed by atoms with van der Waals surface area (Å²) >= 11 is 0. The molecule has 120 valence electrons. The Morgan fingerprint density at radius 3 is 2.30 bits per heavy atom. The summed E-state index contributed by atoms with van der Waals surface area (Å²) in [5.41, 5.74) is -0.824. The van der Waals surface area contributed by atoms with E-state index in [1.165, 1.54) is 30.3 Å². The topological polar surface area (TPSA) is 66.4 Å². The monoisotopic (exact) mass is 323 g/mol. The molecule has 2 aromatic carbocycles. The van der Waals surface area contributed by atoms with E-state index in [-0.39, 0.29) is 11.3 Å². The first kappa shape index (κ1) is 16.5. The standard InChI is InChI=1S/C16H12F3NO3/c1-9-8-10(15(22)23)6-7-13(9)20-14(21)11-4-2-3-5-12(11)16(17,18)19/h2-8H,1H3,(H,20,21)(H,22,23). The average Bonchev–Trinajstić information content (AvgIpc) is 2.48. The minimum absolute atomic E-state index is 0.0243. The third-order valence-corrected chi connectivity index (χ3v) is 3.20. The van der Waals surface area contributed by atoms with Crippen molar-refractivity contribution >= 4 is 17.6 Å². The number of rotatable bonds is 3. The first-order chi connectivity index (χ1) is 10.7. The number of halogens is 3. The number of hydrogen-bond acceptors (Lipinski definition) is 2. The van der Waals surface area contributed by atoms with Gasteiger partial charge in [-0.05, 0) is 42.8 Å². The number of carbonyl (C=O) groups is 2. The van der Waals surface area contributed by atoms with E-state index in [1.54, 1.807) is 6.92 Å². The van der Waals surface area contributed by atoms with Gasteiger partial charge in [-0.2, -0.15) is 13.2 Å². The highest BCUT2D eigenvalue weighted by molar-refractivity contribution is 6.06. The van der Waals surface area contributed by atoms with Gasteiger partial charge in [-0.1, -0.05) is 12.1 Å². The maximum atomic E-state index is 12.9. The van der Waals surface area contributed by atoms with Gasteiger partial charge in [-0.25, -0.2) is 4.79 Å². The largest absolute Gasteiger partial charge is 0.478 e. The lowest BCUT2D eigenvalue weighted by molar-refractivity contribution is -0.137. The van der Waals surface area contributed by atoms with Crippen molar-refractivity contribution in [2.24, 2.45) is 0 Å². The molecule has 2 aromatic rings. The molecule has 0 radical (unpaired) electrons. The molecule has 4 nitrogen and oxygen atoms in total. The second kappa shape index (κ2) is 6.12. The lowest BCUT2D eigenvalue weighted by Gasteiger charge is -2.14. The van der Waals surface area contributed by atoms with Crippen LogP contribution in [0.1, 0.15) is 31.8 Å². The fourth-order valence-electron chi connectivity index (χ4n) is 2.05. The van der Waals surface area contributed by atoms with E-state index in [2.05, 4.69) is 5.32 Å². The SMILES string of the molecule is Cc1cc(C(=O)O)ccc1NC(=O)c1ccccc1C(F)(F)F. The quantitative estimate of drug-likeness (QED) is 0.898. The zero-order valence-electron chi connectivity index (χ0n) is 11.9. The zero-order valence-corrected chi connectivity index (χ0v) is 11.9. The first-order valence-electron chi connectivity index (χ1n) is 6.51. The van der Waals surface area contributed by atoms with E-state index >= 15 is 0 Å². The predicted molar refractivity (Wildman–Crippen MR) is 77.5 cm³/mol. The van der Waals surface area contributed by atoms with Gasteiger partial charge in [-0.15, -0.1) is 0 Å². The normalized spacial score (nSPS) is 11.1. The van der Waals surface area contributed by atoms with Gasteiger partial charge in [0.05, 0.1) is 16.7 Å². The van der Waals surface area contributed by atoms with Gasteiger partial charge in [-0.3, -0.25) is 4.79 Å². The van der Waals surface area contributed by atoms with Crippen LogP contribution in [0.3, 0.4) is 0 Å². The molecule has 2 N–H and O–H groups in total. The molecule has 0 aliphatic carbocycles. The van der Waals surface area contributed by atoms with Crippen molar-refractivity contribution in [1.29, 1.82) is 0 Å². The smallest absolute Gasteiger partial charge is 0.417 e. The summed E-state index contributed by atoms with van der Waals surface area (Å²) in [5, 5.41) is 11.2. The molecule has 0 unspecified atom stereocenters. The number of alkyl halides is 3. The summed E-state index contributed by atoms with van der Waals surface area (Å²) in [6.07, 6.45) is -4.64. The van der Waals surface area contributed by atoms with Gasteiger partial charge in [0.15, 0.2) is 0 Å². The number of carboxylic acid groups (broad SMARTS) is 1. The van der Waals surface area contributed by atoms with Crippen LogP contribution in [-0.2, 0) is 6.18 Å². The summed E-state index contributed by atoms with van der Waals surface area (Å²) in [7, 11) is 0. The second-order valence-electron chi connectivity index (χ2n) is 4.83. The molecule has 1 amide bonds. The zero-order chi connectivity index (χ0) is 17.2. The van der Waals surface area contributed by atoms with Gasteiger partial charge < -0.3 is 10.4 Å². The van der Waals surface area contributed by atoms with Crippen molar-refractivity contribution in [1.82, 2.24) is 0 Å². The Kier molecular flexibility index (Phi) is 4.40. The molecule has 0 fully saturated rings. The highest BCUT2D eigenvalue weighted by Gasteiger charge is 2.34. The summed E-state index contributed by atoms with van der Waals surface area (Å²) in [6, 6.07) is 8.38. The number of carbonyl (C=O) groups excluding carboxylic acids is 1. The Bertz CT molecular complexity index is 769. The van der Waals surface area contributed by atoms with E-state index in [0.717, 1.165) is 12.1 Å². The van der Waals surface area contributed by atoms with Gasteiger partial charge in [0.2, 0.25) is 0 Å². The number of carboxylic acids is 1. The van der Waals surface area contributed by atoms with Crippen molar-refractivity contribution in [2.45, 2.75) is 13.1 Å². The maximum Gasteiger partial charge on any atom is 0.417 e. The summed E-state index contributed by atoms with van der Waals surface area (Å²) in [5.74, 6) is -2.04. The third-order valence-electron chi connectivity index (χ3n) is 3.20. The highest BCUT2D eigenvalue weighted by atomic mass is 19.4. The van der Waals surface area contributed by atoms with Crippen molar-refractivity contribution in [3.63, 3.8) is 0 Å². The number of aromatic carboxylic acids is 1. The van der Waals surface area contributed by atoms with Gasteiger partial charge in [0, 0.05) is 5.69 Å². The van der Waals surface area contributed by atoms with Crippen LogP contribution in [-0.4, -0.2) is 17.0 Å². The molecule has 0 saturated carbocycles. The van der Waals surface area contributed by atoms with Crippen molar-refractivity contribution in [2.75, 3.05) is 5.32 Å². The molecular formula is C16H12F3NO3. The molecule has 0 saturated heterocycles. The summed E-state index contributed by atoms with van der Waals surface area (Å²) in [4.78, 5) is 23.0. The minimum atomic E-state index is -4.64.